The van der Waals surface area contributed by atoms with Gasteiger partial charge in [-0.05, 0) is 20.8 Å². The van der Waals surface area contributed by atoms with Crippen molar-refractivity contribution in [2.45, 2.75) is 77.3 Å². The van der Waals surface area contributed by atoms with Crippen molar-refractivity contribution >= 4 is 65.1 Å². The van der Waals surface area contributed by atoms with Crippen LogP contribution in [0.4, 0.5) is 16.2 Å². The van der Waals surface area contributed by atoms with Gasteiger partial charge in [0, 0.05) is 11.2 Å². The molecule has 6 atom stereocenters. The number of carbonyl (C=O) groups excluding carboxylic acids is 2. The molecule has 0 aliphatic carbocycles. The van der Waals surface area contributed by atoms with Gasteiger partial charge in [-0.2, -0.15) is 9.97 Å². The van der Waals surface area contributed by atoms with Crippen LogP contribution < -0.4 is 16.6 Å². The molecule has 0 spiro atoms. The van der Waals surface area contributed by atoms with Crippen molar-refractivity contribution in [3.05, 3.63) is 6.33 Å². The number of nitrogens with zero attached hydrogens (tertiary/aromatic N) is 4. The van der Waals surface area contributed by atoms with Crippen LogP contribution in [0.2, 0.25) is 0 Å². The highest BCUT2D eigenvalue weighted by molar-refractivity contribution is 8.13. The zero-order chi connectivity index (χ0) is 31.6. The summed E-state index contributed by atoms with van der Waals surface area (Å²) in [6.45, 7) is 9.03. The molecule has 0 radical (unpaired) electrons. The molecule has 1 aliphatic heterocycles. The Hall–Kier alpha value is -2.11. The molecule has 42 heavy (non-hydrogen) atoms. The third kappa shape index (κ3) is 8.08. The van der Waals surface area contributed by atoms with Gasteiger partial charge in [0.2, 0.25) is 5.95 Å². The molecular formula is C23H36ClFN7O8PS. The fraction of sp³-hybridized carbons (Fsp3) is 0.696. The van der Waals surface area contributed by atoms with Gasteiger partial charge in [0.25, 0.3) is 5.13 Å². The number of esters is 1. The molecule has 1 saturated heterocycles. The second-order valence-electron chi connectivity index (χ2n) is 10.8. The molecule has 19 heteroatoms. The lowest BCUT2D eigenvalue weighted by molar-refractivity contribution is -0.149. The zero-order valence-corrected chi connectivity index (χ0v) is 26.4. The second kappa shape index (κ2) is 13.3. The maximum absolute atomic E-state index is 15.7. The Kier molecular flexibility index (Phi) is 10.9. The van der Waals surface area contributed by atoms with Crippen molar-refractivity contribution < 1.29 is 42.2 Å². The summed E-state index contributed by atoms with van der Waals surface area (Å²) in [5, 5.41) is 10.1. The number of hydrogen-bond acceptors (Lipinski definition) is 14. The van der Waals surface area contributed by atoms with Crippen molar-refractivity contribution in [1.82, 2.24) is 24.6 Å². The van der Waals surface area contributed by atoms with Gasteiger partial charge in [-0.25, -0.2) is 19.0 Å². The van der Waals surface area contributed by atoms with Crippen LogP contribution in [0.25, 0.3) is 11.2 Å². The van der Waals surface area contributed by atoms with Gasteiger partial charge in [0.05, 0.1) is 25.6 Å². The quantitative estimate of drug-likeness (QED) is 0.112. The predicted octanol–water partition coefficient (Wildman–Crippen LogP) is 2.53. The van der Waals surface area contributed by atoms with Crippen molar-refractivity contribution in [1.29, 1.82) is 0 Å². The minimum Gasteiger partial charge on any atom is -0.462 e. The number of thioether (sulfide) groups is 1. The summed E-state index contributed by atoms with van der Waals surface area (Å²) < 4.78 is 52.2. The number of nitrogen functional groups attached to an aromatic ring is 2. The Bertz CT molecular complexity index is 1340. The van der Waals surface area contributed by atoms with E-state index in [1.807, 2.05) is 0 Å². The molecule has 2 aromatic rings. The molecule has 0 amide bonds. The summed E-state index contributed by atoms with van der Waals surface area (Å²) in [4.78, 5) is 36.4. The summed E-state index contributed by atoms with van der Waals surface area (Å²) in [5.41, 5.74) is 11.0. The van der Waals surface area contributed by atoms with Crippen LogP contribution in [0.1, 0.15) is 47.8 Å². The van der Waals surface area contributed by atoms with Gasteiger partial charge in [-0.1, -0.05) is 44.1 Å². The highest BCUT2D eigenvalue weighted by atomic mass is 35.5. The first-order valence-electron chi connectivity index (χ1n) is 12.9. The van der Waals surface area contributed by atoms with Crippen molar-refractivity contribution in [2.24, 2.45) is 5.41 Å². The molecule has 1 fully saturated rings. The Morgan fingerprint density at radius 1 is 1.31 bits per heavy atom. The van der Waals surface area contributed by atoms with Gasteiger partial charge < -0.3 is 26.0 Å². The lowest BCUT2D eigenvalue weighted by Gasteiger charge is -2.25. The molecule has 3 heterocycles. The van der Waals surface area contributed by atoms with Crippen LogP contribution in [-0.2, 0) is 32.7 Å². The number of ether oxygens (including phenoxy) is 2. The first-order valence-corrected chi connectivity index (χ1v) is 15.8. The number of anilines is 2. The highest BCUT2D eigenvalue weighted by Gasteiger charge is 2.58. The smallest absolute Gasteiger partial charge is 0.406 e. The average Bonchev–Trinajstić information content (AvgIpc) is 3.37. The summed E-state index contributed by atoms with van der Waals surface area (Å²) in [7, 11) is -4.33. The average molecular weight is 656 g/mol. The van der Waals surface area contributed by atoms with Crippen LogP contribution in [0.15, 0.2) is 6.33 Å². The highest BCUT2D eigenvalue weighted by Crippen LogP contribution is 2.49. The van der Waals surface area contributed by atoms with Gasteiger partial charge >= 0.3 is 13.7 Å². The number of halogens is 2. The normalized spacial score (nSPS) is 25.0. The van der Waals surface area contributed by atoms with E-state index < -0.39 is 61.4 Å². The number of alkyl halides is 2. The molecule has 3 rings (SSSR count). The summed E-state index contributed by atoms with van der Waals surface area (Å²) >= 11 is 7.05. The van der Waals surface area contributed by atoms with E-state index in [2.05, 4.69) is 20.0 Å². The number of aliphatic hydroxyl groups is 1. The number of nitrogens with two attached hydrogens (primary N) is 2. The fourth-order valence-corrected chi connectivity index (χ4v) is 6.33. The van der Waals surface area contributed by atoms with E-state index in [1.54, 1.807) is 34.6 Å². The van der Waals surface area contributed by atoms with Gasteiger partial charge in [0.1, 0.15) is 23.8 Å². The molecular weight excluding hydrogens is 620 g/mol. The van der Waals surface area contributed by atoms with Crippen LogP contribution in [0.5, 0.6) is 0 Å². The monoisotopic (exact) mass is 655 g/mol. The number of rotatable bonds is 12. The van der Waals surface area contributed by atoms with Crippen molar-refractivity contribution in [3.63, 3.8) is 0 Å². The number of imidazole rings is 1. The van der Waals surface area contributed by atoms with Crippen LogP contribution in [-0.4, -0.2) is 84.2 Å². The first kappa shape index (κ1) is 34.4. The van der Waals surface area contributed by atoms with E-state index >= 15 is 4.39 Å². The number of aromatic nitrogens is 4. The number of fused-ring (bicyclic) bond motifs is 1. The molecule has 0 aromatic carbocycles. The van der Waals surface area contributed by atoms with Crippen LogP contribution in [0.3, 0.4) is 0 Å². The topological polar surface area (TPSA) is 216 Å². The zero-order valence-electron chi connectivity index (χ0n) is 23.9. The molecule has 0 saturated carbocycles. The number of carbonyl (C=O) groups is 2. The largest absolute Gasteiger partial charge is 0.462 e. The standard InChI is InChI=1S/C23H36ClFN7O8PS/c1-11(2)39-18(34)12(3)31-41(36,37-7-8-42-20(35)22(4,5)6)38-9-13-15(33)23(24,25)19(40-13)32-10-28-14-16(26)29-21(27)30-17(14)32/h10-13,15,19,33H,7-9H2,1-6H3,(H,31,36)(H4,26,27,29,30)/t12-,13+,15+,19+,23-,41+/m0/s1. The molecule has 1 aliphatic rings. The van der Waals surface area contributed by atoms with E-state index in [9.17, 15) is 19.3 Å². The fourth-order valence-electron chi connectivity index (χ4n) is 3.65. The second-order valence-corrected chi connectivity index (χ2v) is 14.2. The van der Waals surface area contributed by atoms with Crippen LogP contribution in [0, 0.1) is 5.41 Å². The lowest BCUT2D eigenvalue weighted by Crippen LogP contribution is -2.39. The molecule has 2 aromatic heterocycles. The number of aliphatic hydroxyl groups excluding tert-OH is 1. The van der Waals surface area contributed by atoms with Crippen molar-refractivity contribution in [2.75, 3.05) is 30.4 Å². The Labute approximate surface area is 251 Å². The van der Waals surface area contributed by atoms with E-state index in [-0.39, 0.29) is 40.4 Å². The van der Waals surface area contributed by atoms with Gasteiger partial charge in [-0.15, -0.1) is 0 Å². The van der Waals surface area contributed by atoms with Crippen LogP contribution >= 0.6 is 31.1 Å². The number of hydrogen-bond donors (Lipinski definition) is 4. The van der Waals surface area contributed by atoms with Crippen molar-refractivity contribution in [3.8, 4) is 0 Å². The Balaban J connectivity index is 1.76. The predicted molar refractivity (Wildman–Crippen MR) is 154 cm³/mol. The molecule has 0 unspecified atom stereocenters. The van der Waals surface area contributed by atoms with Gasteiger partial charge in [0.15, 0.2) is 22.8 Å². The number of nitrogens with one attached hydrogen (secondary N) is 1. The van der Waals surface area contributed by atoms with E-state index in [0.717, 1.165) is 22.7 Å². The summed E-state index contributed by atoms with van der Waals surface area (Å²) in [6.07, 6.45) is -4.46. The van der Waals surface area contributed by atoms with E-state index in [1.165, 1.54) is 6.92 Å². The van der Waals surface area contributed by atoms with E-state index in [4.69, 9.17) is 41.6 Å². The van der Waals surface area contributed by atoms with Gasteiger partial charge in [-0.3, -0.25) is 23.2 Å². The first-order chi connectivity index (χ1) is 19.4. The Morgan fingerprint density at radius 2 is 1.98 bits per heavy atom. The van der Waals surface area contributed by atoms with E-state index in [0.29, 0.717) is 0 Å². The minimum atomic E-state index is -4.33. The third-order valence-corrected chi connectivity index (χ3v) is 9.12. The summed E-state index contributed by atoms with van der Waals surface area (Å²) in [6, 6.07) is -1.15. The SMILES string of the molecule is CC(C)OC(=O)[C@H](C)N[P@@](=O)(OCCSC(=O)C(C)(C)C)OC[C@H]1O[C@@H](n2cnc3c(N)nc(N)nc32)[C@](F)(Cl)[C@@H]1O. The third-order valence-electron chi connectivity index (χ3n) is 5.75. The maximum atomic E-state index is 15.7. The maximum Gasteiger partial charge on any atom is 0.406 e. The summed E-state index contributed by atoms with van der Waals surface area (Å²) in [5.74, 6) is -0.887. The molecule has 0 bridgehead atoms. The lowest BCUT2D eigenvalue weighted by atomic mass is 10.00. The molecule has 6 N–H and O–H groups in total. The Morgan fingerprint density at radius 3 is 2.60 bits per heavy atom. The molecule has 15 nitrogen and oxygen atoms in total. The minimum absolute atomic E-state index is 0.00286. The molecule has 236 valence electrons.